The highest BCUT2D eigenvalue weighted by atomic mass is 32.1. The third-order valence-electron chi connectivity index (χ3n) is 4.97. The Kier molecular flexibility index (Phi) is 3.51. The molecular formula is C17H22N2S. The van der Waals surface area contributed by atoms with Gasteiger partial charge in [0.1, 0.15) is 0 Å². The lowest BCUT2D eigenvalue weighted by atomic mass is 9.99. The second-order valence-corrected chi connectivity index (χ2v) is 7.04. The molecule has 2 aliphatic heterocycles. The maximum atomic E-state index is 3.84. The van der Waals surface area contributed by atoms with Gasteiger partial charge in [0.25, 0.3) is 0 Å². The Morgan fingerprint density at radius 3 is 3.10 bits per heavy atom. The minimum Gasteiger partial charge on any atom is -0.308 e. The summed E-state index contributed by atoms with van der Waals surface area (Å²) >= 11 is 1.87. The number of hydrogen-bond acceptors (Lipinski definition) is 3. The first kappa shape index (κ1) is 12.8. The predicted molar refractivity (Wildman–Crippen MR) is 86.3 cm³/mol. The predicted octanol–water partition coefficient (Wildman–Crippen LogP) is 3.62. The SMILES string of the molecule is c1ccc2c(CNC3CCN4CCCCC34)csc2c1. The van der Waals surface area contributed by atoms with Gasteiger partial charge in [-0.25, -0.2) is 0 Å². The fourth-order valence-corrected chi connectivity index (χ4v) is 4.86. The summed E-state index contributed by atoms with van der Waals surface area (Å²) in [6.07, 6.45) is 5.54. The first-order valence-electron chi connectivity index (χ1n) is 7.84. The molecular weight excluding hydrogens is 264 g/mol. The highest BCUT2D eigenvalue weighted by Gasteiger charge is 2.34. The number of fused-ring (bicyclic) bond motifs is 2. The van der Waals surface area contributed by atoms with E-state index < -0.39 is 0 Å². The van der Waals surface area contributed by atoms with Crippen molar-refractivity contribution in [2.45, 2.75) is 44.3 Å². The summed E-state index contributed by atoms with van der Waals surface area (Å²) < 4.78 is 1.41. The van der Waals surface area contributed by atoms with E-state index in [4.69, 9.17) is 0 Å². The van der Waals surface area contributed by atoms with E-state index in [-0.39, 0.29) is 0 Å². The molecule has 1 aromatic carbocycles. The Hall–Kier alpha value is -0.900. The number of hydrogen-bond donors (Lipinski definition) is 1. The maximum Gasteiger partial charge on any atom is 0.0346 e. The van der Waals surface area contributed by atoms with Crippen LogP contribution >= 0.6 is 11.3 Å². The molecule has 20 heavy (non-hydrogen) atoms. The minimum absolute atomic E-state index is 0.703. The number of nitrogens with zero attached hydrogens (tertiary/aromatic N) is 1. The largest absolute Gasteiger partial charge is 0.308 e. The minimum atomic E-state index is 0.703. The van der Waals surface area contributed by atoms with Crippen LogP contribution in [0.25, 0.3) is 10.1 Å². The highest BCUT2D eigenvalue weighted by molar-refractivity contribution is 7.17. The van der Waals surface area contributed by atoms with Crippen molar-refractivity contribution in [3.8, 4) is 0 Å². The van der Waals surface area contributed by atoms with Crippen LogP contribution in [0.5, 0.6) is 0 Å². The molecule has 1 N–H and O–H groups in total. The molecule has 0 bridgehead atoms. The van der Waals surface area contributed by atoms with Crippen LogP contribution in [-0.2, 0) is 6.54 Å². The van der Waals surface area contributed by atoms with Gasteiger partial charge >= 0.3 is 0 Å². The molecule has 3 heteroatoms. The molecule has 2 atom stereocenters. The van der Waals surface area contributed by atoms with Gasteiger partial charge in [-0.15, -0.1) is 11.3 Å². The summed E-state index contributed by atoms with van der Waals surface area (Å²) in [5, 5.41) is 7.60. The molecule has 2 fully saturated rings. The molecule has 2 unspecified atom stereocenters. The molecule has 3 heterocycles. The smallest absolute Gasteiger partial charge is 0.0346 e. The molecule has 2 aromatic rings. The third-order valence-corrected chi connectivity index (χ3v) is 5.98. The van der Waals surface area contributed by atoms with E-state index in [0.29, 0.717) is 6.04 Å². The van der Waals surface area contributed by atoms with Gasteiger partial charge in [0.05, 0.1) is 0 Å². The van der Waals surface area contributed by atoms with Gasteiger partial charge in [-0.2, -0.15) is 0 Å². The zero-order valence-corrected chi connectivity index (χ0v) is 12.7. The van der Waals surface area contributed by atoms with Gasteiger partial charge < -0.3 is 5.32 Å². The van der Waals surface area contributed by atoms with Gasteiger partial charge in [0.15, 0.2) is 0 Å². The van der Waals surface area contributed by atoms with E-state index in [0.717, 1.165) is 12.6 Å². The average molecular weight is 286 g/mol. The first-order valence-corrected chi connectivity index (χ1v) is 8.72. The van der Waals surface area contributed by atoms with Crippen molar-refractivity contribution >= 4 is 21.4 Å². The molecule has 1 aromatic heterocycles. The van der Waals surface area contributed by atoms with Crippen LogP contribution in [0.4, 0.5) is 0 Å². The summed E-state index contributed by atoms with van der Waals surface area (Å²) in [4.78, 5) is 2.70. The molecule has 0 spiro atoms. The van der Waals surface area contributed by atoms with Gasteiger partial charge in [0, 0.05) is 29.9 Å². The van der Waals surface area contributed by atoms with Crippen LogP contribution in [0.3, 0.4) is 0 Å². The first-order chi connectivity index (χ1) is 9.92. The molecule has 0 saturated carbocycles. The van der Waals surface area contributed by atoms with E-state index in [9.17, 15) is 0 Å². The Morgan fingerprint density at radius 1 is 1.15 bits per heavy atom. The van der Waals surface area contributed by atoms with Crippen molar-refractivity contribution < 1.29 is 0 Å². The number of piperidine rings is 1. The van der Waals surface area contributed by atoms with Gasteiger partial charge in [-0.05, 0) is 48.2 Å². The average Bonchev–Trinajstić information content (AvgIpc) is 3.09. The second-order valence-electron chi connectivity index (χ2n) is 6.13. The zero-order valence-electron chi connectivity index (χ0n) is 11.8. The van der Waals surface area contributed by atoms with Crippen LogP contribution in [0.2, 0.25) is 0 Å². The van der Waals surface area contributed by atoms with Crippen molar-refractivity contribution in [2.75, 3.05) is 13.1 Å². The summed E-state index contributed by atoms with van der Waals surface area (Å²) in [6, 6.07) is 10.3. The number of nitrogens with one attached hydrogen (secondary N) is 1. The number of rotatable bonds is 3. The lowest BCUT2D eigenvalue weighted by Gasteiger charge is -2.32. The molecule has 4 rings (SSSR count). The summed E-state index contributed by atoms with van der Waals surface area (Å²) in [7, 11) is 0. The molecule has 2 saturated heterocycles. The van der Waals surface area contributed by atoms with Crippen LogP contribution < -0.4 is 5.32 Å². The highest BCUT2D eigenvalue weighted by Crippen LogP contribution is 2.29. The standard InChI is InChI=1S/C17H22N2S/c1-2-7-17-14(5-1)13(12-20-17)11-18-15-8-10-19-9-4-3-6-16(15)19/h1-2,5,7,12,15-16,18H,3-4,6,8-11H2. The van der Waals surface area contributed by atoms with Gasteiger partial charge in [-0.1, -0.05) is 24.6 Å². The van der Waals surface area contributed by atoms with Crippen molar-refractivity contribution in [2.24, 2.45) is 0 Å². The zero-order chi connectivity index (χ0) is 13.4. The van der Waals surface area contributed by atoms with Crippen LogP contribution in [-0.4, -0.2) is 30.1 Å². The van der Waals surface area contributed by atoms with E-state index in [2.05, 4.69) is 39.9 Å². The third kappa shape index (κ3) is 2.28. The maximum absolute atomic E-state index is 3.84. The van der Waals surface area contributed by atoms with Crippen molar-refractivity contribution in [1.82, 2.24) is 10.2 Å². The monoisotopic (exact) mass is 286 g/mol. The normalized spacial score (nSPS) is 27.0. The topological polar surface area (TPSA) is 15.3 Å². The lowest BCUT2D eigenvalue weighted by molar-refractivity contribution is 0.180. The Balaban J connectivity index is 1.45. The molecule has 0 aliphatic carbocycles. The van der Waals surface area contributed by atoms with E-state index >= 15 is 0 Å². The van der Waals surface area contributed by atoms with E-state index in [1.54, 1.807) is 0 Å². The summed E-state index contributed by atoms with van der Waals surface area (Å²) in [5.74, 6) is 0. The molecule has 106 valence electrons. The quantitative estimate of drug-likeness (QED) is 0.927. The summed E-state index contributed by atoms with van der Waals surface area (Å²) in [6.45, 7) is 3.65. The van der Waals surface area contributed by atoms with Gasteiger partial charge in [-0.3, -0.25) is 4.90 Å². The van der Waals surface area contributed by atoms with E-state index in [1.165, 1.54) is 54.4 Å². The molecule has 2 aliphatic rings. The molecule has 0 amide bonds. The lowest BCUT2D eigenvalue weighted by Crippen LogP contribution is -2.44. The van der Waals surface area contributed by atoms with Crippen LogP contribution in [0.15, 0.2) is 29.6 Å². The Morgan fingerprint density at radius 2 is 2.10 bits per heavy atom. The Labute approximate surface area is 124 Å². The van der Waals surface area contributed by atoms with Crippen LogP contribution in [0.1, 0.15) is 31.2 Å². The number of thiophene rings is 1. The van der Waals surface area contributed by atoms with Crippen molar-refractivity contribution in [3.05, 3.63) is 35.2 Å². The van der Waals surface area contributed by atoms with Crippen LogP contribution in [0, 0.1) is 0 Å². The Bertz CT molecular complexity index is 591. The van der Waals surface area contributed by atoms with E-state index in [1.807, 2.05) is 11.3 Å². The molecule has 0 radical (unpaired) electrons. The summed E-state index contributed by atoms with van der Waals surface area (Å²) in [5.41, 5.74) is 1.47. The fourth-order valence-electron chi connectivity index (χ4n) is 3.90. The second kappa shape index (κ2) is 5.47. The van der Waals surface area contributed by atoms with Crippen molar-refractivity contribution in [1.29, 1.82) is 0 Å². The fraction of sp³-hybridized carbons (Fsp3) is 0.529. The molecule has 2 nitrogen and oxygen atoms in total. The van der Waals surface area contributed by atoms with Crippen molar-refractivity contribution in [3.63, 3.8) is 0 Å². The van der Waals surface area contributed by atoms with Gasteiger partial charge in [0.2, 0.25) is 0 Å². The number of benzene rings is 1.